The molecular formula is C46H57Al2Cl2OZr. The minimum atomic E-state index is -0.0974. The number of hydrogen-bond donors (Lipinski definition) is 0. The third-order valence-corrected chi connectivity index (χ3v) is 13.7. The van der Waals surface area contributed by atoms with E-state index in [0.29, 0.717) is 5.92 Å². The van der Waals surface area contributed by atoms with Crippen LogP contribution in [0, 0.1) is 11.3 Å². The summed E-state index contributed by atoms with van der Waals surface area (Å²) in [5.41, 5.74) is 15.4. The average molecular weight is 842 g/mol. The van der Waals surface area contributed by atoms with E-state index in [9.17, 15) is 0 Å². The minimum Gasteiger partial charge on any atom is -0.645 e. The molecule has 1 nitrogen and oxygen atoms in total. The van der Waals surface area contributed by atoms with Crippen LogP contribution in [0.25, 0.3) is 25.6 Å². The molecule has 0 spiro atoms. The molecule has 0 N–H and O–H groups in total. The Balaban J connectivity index is 0.00000116. The first-order chi connectivity index (χ1) is 23.5. The van der Waals surface area contributed by atoms with Gasteiger partial charge in [-0.3, -0.25) is 0 Å². The van der Waals surface area contributed by atoms with Crippen LogP contribution in [-0.2, 0) is 38.4 Å². The smallest absolute Gasteiger partial charge is 0.401 e. The van der Waals surface area contributed by atoms with E-state index in [1.54, 1.807) is 0 Å². The second-order valence-corrected chi connectivity index (χ2v) is 21.0. The Morgan fingerprint density at radius 3 is 1.71 bits per heavy atom. The third-order valence-electron chi connectivity index (χ3n) is 10.1. The molecule has 0 radical (unpaired) electrons. The van der Waals surface area contributed by atoms with Gasteiger partial charge in [0.05, 0.1) is 0 Å². The predicted octanol–water partition coefficient (Wildman–Crippen LogP) is 10.4. The average Bonchev–Trinajstić information content (AvgIpc) is 3.64. The van der Waals surface area contributed by atoms with Crippen LogP contribution in [0.3, 0.4) is 0 Å². The quantitative estimate of drug-likeness (QED) is 0.182. The molecule has 1 atom stereocenters. The van der Waals surface area contributed by atoms with Crippen LogP contribution < -0.4 is 10.4 Å². The first-order valence-electron chi connectivity index (χ1n) is 18.4. The van der Waals surface area contributed by atoms with Crippen LogP contribution in [0.5, 0.6) is 0 Å². The third kappa shape index (κ3) is 9.33. The molecule has 0 fully saturated rings. The van der Waals surface area contributed by atoms with E-state index in [1.807, 2.05) is 0 Å². The molecule has 0 bridgehead atoms. The summed E-state index contributed by atoms with van der Waals surface area (Å²) in [6.45, 7) is 23.7. The Kier molecular flexibility index (Phi) is 15.6. The van der Waals surface area contributed by atoms with Crippen molar-refractivity contribution < 1.29 is 27.6 Å². The molecule has 0 amide bonds. The molecule has 1 unspecified atom stereocenters. The van der Waals surface area contributed by atoms with Gasteiger partial charge >= 0.3 is 327 Å². The standard InChI is InChI=1S/C45H49.CH3.2Al.2ClH.O.Zr.3H/c1-11-29-24-34(44(5,6)7)27-36(29)41-38-26-32-25-33(43(2,3)4)22-23-35(32)37(38)28-39(42(41)45(8,9)10)40(30-18-14-12-15-19-30)31-20-16-13-17-21-31;;;;;;;;;;/h12-25,27-29H,11H2,1-10H3;1H3;;;2*1H;;;;;. The van der Waals surface area contributed by atoms with Crippen molar-refractivity contribution >= 4 is 71.4 Å². The molecular weight excluding hydrogens is 785 g/mol. The summed E-state index contributed by atoms with van der Waals surface area (Å²) < 4.78 is 6.32. The van der Waals surface area contributed by atoms with Crippen molar-refractivity contribution in [1.82, 2.24) is 0 Å². The van der Waals surface area contributed by atoms with Gasteiger partial charge in [-0.05, 0) is 0 Å². The summed E-state index contributed by atoms with van der Waals surface area (Å²) in [5.74, 6) is 2.52. The molecule has 6 rings (SSSR count). The van der Waals surface area contributed by atoms with E-state index in [1.165, 1.54) is 99.7 Å². The van der Waals surface area contributed by atoms with Crippen molar-refractivity contribution in [3.8, 4) is 11.1 Å². The first-order valence-corrected chi connectivity index (χ1v) is 22.4. The fraction of sp³-hybridized carbons (Fsp3) is 0.348. The largest absolute Gasteiger partial charge is 0.645 e. The number of benzene rings is 4. The van der Waals surface area contributed by atoms with Crippen molar-refractivity contribution in [1.29, 1.82) is 0 Å². The van der Waals surface area contributed by atoms with Gasteiger partial charge in [-0.1, -0.05) is 5.79 Å². The maximum Gasteiger partial charge on any atom is 0.401 e. The molecule has 52 heavy (non-hydrogen) atoms. The summed E-state index contributed by atoms with van der Waals surface area (Å²) in [6.07, 6.45) is 6.23. The number of hydrogen-bond acceptors (Lipinski definition) is 1. The Bertz CT molecular complexity index is 2020. The van der Waals surface area contributed by atoms with Crippen molar-refractivity contribution in [3.05, 3.63) is 146 Å². The fourth-order valence-corrected chi connectivity index (χ4v) is 8.53. The Morgan fingerprint density at radius 2 is 1.27 bits per heavy atom. The minimum absolute atomic E-state index is 0. The second kappa shape index (κ2) is 18.0. The van der Waals surface area contributed by atoms with Crippen LogP contribution in [0.1, 0.15) is 109 Å². The van der Waals surface area contributed by atoms with E-state index in [0.717, 1.165) is 23.0 Å². The zero-order valence-corrected chi connectivity index (χ0v) is 41.0. The van der Waals surface area contributed by atoms with Gasteiger partial charge in [-0.15, -0.1) is 24.8 Å². The molecule has 6 heteroatoms. The van der Waals surface area contributed by atoms with Gasteiger partial charge in [0.15, 0.2) is 0 Å². The van der Waals surface area contributed by atoms with Crippen LogP contribution >= 0.6 is 24.8 Å². The zero-order chi connectivity index (χ0) is 36.6. The molecule has 0 saturated heterocycles. The fourth-order valence-electron chi connectivity index (χ4n) is 7.39. The molecule has 0 aliphatic heterocycles. The van der Waals surface area contributed by atoms with Gasteiger partial charge in [0.25, 0.3) is 0 Å². The van der Waals surface area contributed by atoms with E-state index in [4.69, 9.17) is 2.84 Å². The monoisotopic (exact) mass is 839 g/mol. The first kappa shape index (κ1) is 45.0. The number of halogens is 2. The van der Waals surface area contributed by atoms with Gasteiger partial charge in [0.1, 0.15) is 0 Å². The van der Waals surface area contributed by atoms with Gasteiger partial charge in [0, 0.05) is 0 Å². The molecule has 0 aromatic heterocycles. The summed E-state index contributed by atoms with van der Waals surface area (Å²) in [6, 6.07) is 32.0. The molecule has 2 aliphatic rings. The van der Waals surface area contributed by atoms with Crippen molar-refractivity contribution in [3.63, 3.8) is 0 Å². The molecule has 4 aromatic rings. The van der Waals surface area contributed by atoms with Crippen molar-refractivity contribution in [2.24, 2.45) is 11.3 Å². The Morgan fingerprint density at radius 1 is 0.731 bits per heavy atom. The topological polar surface area (TPSA) is 9.23 Å². The Hall–Kier alpha value is -1.41. The van der Waals surface area contributed by atoms with Gasteiger partial charge in [-0.2, -0.15) is 0 Å². The summed E-state index contributed by atoms with van der Waals surface area (Å²) in [4.78, 5) is 0. The van der Waals surface area contributed by atoms with Crippen molar-refractivity contribution in [2.75, 3.05) is 0 Å². The number of fused-ring (bicyclic) bond motifs is 3. The Labute approximate surface area is 357 Å². The van der Waals surface area contributed by atoms with Gasteiger partial charge < -0.3 is 2.84 Å². The van der Waals surface area contributed by atoms with Crippen LogP contribution in [0.2, 0.25) is 5.79 Å². The van der Waals surface area contributed by atoms with Crippen molar-refractivity contribution in [2.45, 2.75) is 92.3 Å². The molecule has 2 aliphatic carbocycles. The number of rotatable bonds is 5. The van der Waals surface area contributed by atoms with E-state index >= 15 is 0 Å². The van der Waals surface area contributed by atoms with Crippen LogP contribution in [0.4, 0.5) is 0 Å². The molecule has 4 aromatic carbocycles. The van der Waals surface area contributed by atoms with Gasteiger partial charge in [0.2, 0.25) is 0 Å². The molecule has 0 saturated carbocycles. The molecule has 0 heterocycles. The van der Waals surface area contributed by atoms with E-state index in [-0.39, 0.29) is 56.6 Å². The summed E-state index contributed by atoms with van der Waals surface area (Å²) in [5, 5.41) is 2.83. The molecule has 271 valence electrons. The van der Waals surface area contributed by atoms with Gasteiger partial charge in [-0.25, -0.2) is 0 Å². The maximum absolute atomic E-state index is 4.82. The predicted molar refractivity (Wildman–Crippen MR) is 232 cm³/mol. The van der Waals surface area contributed by atoms with E-state index < -0.39 is 0 Å². The second-order valence-electron chi connectivity index (χ2n) is 16.9. The summed E-state index contributed by atoms with van der Waals surface area (Å²) >= 11 is 2.41. The number of allylic oxidation sites excluding steroid dienone is 4. The van der Waals surface area contributed by atoms with Crippen LogP contribution in [0.15, 0.2) is 103 Å². The van der Waals surface area contributed by atoms with Crippen LogP contribution in [-0.4, -0.2) is 32.2 Å². The zero-order valence-electron chi connectivity index (χ0n) is 33.5. The normalized spacial score (nSPS) is 14.8. The van der Waals surface area contributed by atoms with E-state index in [2.05, 4.69) is 172 Å². The maximum atomic E-state index is 4.82. The summed E-state index contributed by atoms with van der Waals surface area (Å²) in [7, 11) is 0. The SMILES string of the molecule is CCC1C=C(C(C)(C)C)C=C1c1c(C(C)(C)C)c(=C(c2ccccc2)c2ccccc2)cc2c1=[C]([Zr])c1cc(C(C)(C)C)ccc1-2.Cl.Cl.[CH3][AlH][O][AlH2].